The molecule has 1 fully saturated rings. The number of hydroxylamine groups is 1. The lowest BCUT2D eigenvalue weighted by atomic mass is 10.3. The minimum Gasteiger partial charge on any atom is -0.306 e. The van der Waals surface area contributed by atoms with Crippen LogP contribution in [0.3, 0.4) is 0 Å². The molecule has 0 aromatic heterocycles. The summed E-state index contributed by atoms with van der Waals surface area (Å²) in [4.78, 5) is 16.5. The Labute approximate surface area is 85.3 Å². The van der Waals surface area contributed by atoms with E-state index in [1.165, 1.54) is 12.8 Å². The smallest absolute Gasteiger partial charge is 0.257 e. The molecule has 0 spiro atoms. The van der Waals surface area contributed by atoms with Gasteiger partial charge >= 0.3 is 0 Å². The van der Waals surface area contributed by atoms with Gasteiger partial charge < -0.3 is 5.32 Å². The summed E-state index contributed by atoms with van der Waals surface area (Å²) in [5.74, 6) is -0.0920. The molecule has 1 aliphatic carbocycles. The van der Waals surface area contributed by atoms with Crippen LogP contribution >= 0.6 is 0 Å². The molecule has 4 nitrogen and oxygen atoms in total. The Balaban J connectivity index is 2.02. The van der Waals surface area contributed by atoms with E-state index in [1.807, 2.05) is 13.8 Å². The van der Waals surface area contributed by atoms with Crippen LogP contribution in [0.1, 0.15) is 39.5 Å². The van der Waals surface area contributed by atoms with Crippen molar-refractivity contribution in [2.45, 2.75) is 51.7 Å². The summed E-state index contributed by atoms with van der Waals surface area (Å²) in [6, 6.07) is 0.326. The molecule has 1 rings (SSSR count). The molecule has 1 amide bonds. The topological polar surface area (TPSA) is 50.4 Å². The third-order valence-corrected chi connectivity index (χ3v) is 2.31. The van der Waals surface area contributed by atoms with Crippen LogP contribution in [-0.4, -0.2) is 24.6 Å². The lowest BCUT2D eigenvalue weighted by Gasteiger charge is -2.12. The first-order valence-corrected chi connectivity index (χ1v) is 5.36. The van der Waals surface area contributed by atoms with Gasteiger partial charge in [-0.1, -0.05) is 26.7 Å². The van der Waals surface area contributed by atoms with E-state index in [9.17, 15) is 4.79 Å². The van der Waals surface area contributed by atoms with Gasteiger partial charge in [0.15, 0.2) is 0 Å². The molecule has 0 heterocycles. The summed E-state index contributed by atoms with van der Waals surface area (Å²) < 4.78 is 0. The molecule has 2 N–H and O–H groups in total. The molecule has 1 saturated carbocycles. The second-order valence-electron chi connectivity index (χ2n) is 4.09. The maximum atomic E-state index is 11.2. The highest BCUT2D eigenvalue weighted by atomic mass is 16.7. The Bertz CT molecular complexity index is 177. The highest BCUT2D eigenvalue weighted by Gasteiger charge is 2.16. The van der Waals surface area contributed by atoms with Crippen LogP contribution in [0.25, 0.3) is 0 Å². The van der Waals surface area contributed by atoms with E-state index in [4.69, 9.17) is 4.84 Å². The fourth-order valence-electron chi connectivity index (χ4n) is 1.49. The van der Waals surface area contributed by atoms with Gasteiger partial charge in [0.25, 0.3) is 5.91 Å². The van der Waals surface area contributed by atoms with E-state index in [0.29, 0.717) is 12.6 Å². The van der Waals surface area contributed by atoms with Crippen molar-refractivity contribution >= 4 is 5.91 Å². The van der Waals surface area contributed by atoms with Crippen molar-refractivity contribution in [3.63, 3.8) is 0 Å². The maximum Gasteiger partial charge on any atom is 0.257 e. The van der Waals surface area contributed by atoms with Crippen LogP contribution in [0, 0.1) is 0 Å². The Morgan fingerprint density at radius 3 is 2.64 bits per heavy atom. The number of hydrogen-bond acceptors (Lipinski definition) is 3. The van der Waals surface area contributed by atoms with Crippen molar-refractivity contribution in [2.24, 2.45) is 0 Å². The molecule has 0 aromatic rings. The van der Waals surface area contributed by atoms with Gasteiger partial charge in [-0.2, -0.15) is 0 Å². The quantitative estimate of drug-likeness (QED) is 0.650. The largest absolute Gasteiger partial charge is 0.306 e. The lowest BCUT2D eigenvalue weighted by molar-refractivity contribution is -0.137. The van der Waals surface area contributed by atoms with Gasteiger partial charge in [-0.25, -0.2) is 5.48 Å². The molecular formula is C10H20N2O2. The molecule has 0 bridgehead atoms. The van der Waals surface area contributed by atoms with Gasteiger partial charge in [-0.05, 0) is 12.8 Å². The Morgan fingerprint density at radius 2 is 2.07 bits per heavy atom. The fourth-order valence-corrected chi connectivity index (χ4v) is 1.49. The molecule has 82 valence electrons. The average molecular weight is 200 g/mol. The molecule has 1 aliphatic rings. The summed E-state index contributed by atoms with van der Waals surface area (Å²) in [7, 11) is 0. The summed E-state index contributed by atoms with van der Waals surface area (Å²) >= 11 is 0. The van der Waals surface area contributed by atoms with Crippen LogP contribution in [0.5, 0.6) is 0 Å². The maximum absolute atomic E-state index is 11.2. The van der Waals surface area contributed by atoms with Crippen molar-refractivity contribution in [1.82, 2.24) is 10.8 Å². The van der Waals surface area contributed by atoms with E-state index in [2.05, 4.69) is 10.8 Å². The summed E-state index contributed by atoms with van der Waals surface area (Å²) in [6.07, 6.45) is 4.80. The van der Waals surface area contributed by atoms with Crippen LogP contribution in [-0.2, 0) is 9.63 Å². The van der Waals surface area contributed by atoms with Crippen LogP contribution in [0.2, 0.25) is 0 Å². The number of hydrogen-bond donors (Lipinski definition) is 2. The van der Waals surface area contributed by atoms with E-state index in [-0.39, 0.29) is 12.0 Å². The number of amides is 1. The summed E-state index contributed by atoms with van der Waals surface area (Å²) in [5, 5.41) is 3.03. The van der Waals surface area contributed by atoms with Crippen molar-refractivity contribution in [1.29, 1.82) is 0 Å². The van der Waals surface area contributed by atoms with Gasteiger partial charge in [0.05, 0.1) is 12.6 Å². The normalized spacial score (nSPS) is 17.6. The minimum atomic E-state index is -0.0920. The van der Waals surface area contributed by atoms with E-state index in [0.717, 1.165) is 12.8 Å². The van der Waals surface area contributed by atoms with E-state index >= 15 is 0 Å². The Hall–Kier alpha value is -0.610. The lowest BCUT2D eigenvalue weighted by Crippen LogP contribution is -2.38. The molecule has 0 radical (unpaired) electrons. The SMILES string of the molecule is CC(C)NCC(=O)NOC1CCCC1. The fraction of sp³-hybridized carbons (Fsp3) is 0.900. The second kappa shape index (κ2) is 5.98. The van der Waals surface area contributed by atoms with Gasteiger partial charge in [0.1, 0.15) is 0 Å². The molecule has 14 heavy (non-hydrogen) atoms. The number of carbonyl (C=O) groups is 1. The first-order chi connectivity index (χ1) is 6.68. The third-order valence-electron chi connectivity index (χ3n) is 2.31. The standard InChI is InChI=1S/C10H20N2O2/c1-8(2)11-7-10(13)12-14-9-5-3-4-6-9/h8-9,11H,3-7H2,1-2H3,(H,12,13). The highest BCUT2D eigenvalue weighted by Crippen LogP contribution is 2.19. The summed E-state index contributed by atoms with van der Waals surface area (Å²) in [6.45, 7) is 4.33. The molecule has 4 heteroatoms. The van der Waals surface area contributed by atoms with Crippen molar-refractivity contribution in [3.05, 3.63) is 0 Å². The first-order valence-electron chi connectivity index (χ1n) is 5.36. The zero-order valence-electron chi connectivity index (χ0n) is 9.01. The number of nitrogens with one attached hydrogen (secondary N) is 2. The number of carbonyl (C=O) groups excluding carboxylic acids is 1. The van der Waals surface area contributed by atoms with Gasteiger partial charge in [0.2, 0.25) is 0 Å². The van der Waals surface area contributed by atoms with Crippen LogP contribution < -0.4 is 10.8 Å². The van der Waals surface area contributed by atoms with E-state index < -0.39 is 0 Å². The predicted molar refractivity (Wildman–Crippen MR) is 54.6 cm³/mol. The first kappa shape index (κ1) is 11.5. The molecule has 0 aromatic carbocycles. The number of rotatable bonds is 5. The molecule has 0 saturated heterocycles. The van der Waals surface area contributed by atoms with Crippen LogP contribution in [0.15, 0.2) is 0 Å². The predicted octanol–water partition coefficient (Wildman–Crippen LogP) is 0.975. The van der Waals surface area contributed by atoms with Crippen molar-refractivity contribution < 1.29 is 9.63 Å². The van der Waals surface area contributed by atoms with Crippen LogP contribution in [0.4, 0.5) is 0 Å². The van der Waals surface area contributed by atoms with Gasteiger partial charge in [0, 0.05) is 6.04 Å². The Morgan fingerprint density at radius 1 is 1.43 bits per heavy atom. The van der Waals surface area contributed by atoms with Gasteiger partial charge in [-0.15, -0.1) is 0 Å². The zero-order chi connectivity index (χ0) is 10.4. The monoisotopic (exact) mass is 200 g/mol. The second-order valence-corrected chi connectivity index (χ2v) is 4.09. The van der Waals surface area contributed by atoms with E-state index in [1.54, 1.807) is 0 Å². The Kier molecular flexibility index (Phi) is 4.90. The van der Waals surface area contributed by atoms with Crippen molar-refractivity contribution in [2.75, 3.05) is 6.54 Å². The van der Waals surface area contributed by atoms with Gasteiger partial charge in [-0.3, -0.25) is 9.63 Å². The minimum absolute atomic E-state index is 0.0920. The molecule has 0 unspecified atom stereocenters. The summed E-state index contributed by atoms with van der Waals surface area (Å²) in [5.41, 5.74) is 2.48. The molecule has 0 atom stereocenters. The molecule has 0 aliphatic heterocycles. The third kappa shape index (κ3) is 4.58. The molecular weight excluding hydrogens is 180 g/mol. The highest BCUT2D eigenvalue weighted by molar-refractivity contribution is 5.76. The average Bonchev–Trinajstić information content (AvgIpc) is 2.63. The van der Waals surface area contributed by atoms with Crippen molar-refractivity contribution in [3.8, 4) is 0 Å². The zero-order valence-corrected chi connectivity index (χ0v) is 9.01.